The molecule has 38 heavy (non-hydrogen) atoms. The van der Waals surface area contributed by atoms with Crippen molar-refractivity contribution in [3.63, 3.8) is 0 Å². The number of carbonyl (C=O) groups is 1. The lowest BCUT2D eigenvalue weighted by Gasteiger charge is -2.39. The molecule has 0 bridgehead atoms. The van der Waals surface area contributed by atoms with Crippen molar-refractivity contribution in [1.29, 1.82) is 0 Å². The van der Waals surface area contributed by atoms with Crippen molar-refractivity contribution >= 4 is 34.4 Å². The zero-order valence-corrected chi connectivity index (χ0v) is 20.8. The van der Waals surface area contributed by atoms with E-state index in [0.717, 1.165) is 41.2 Å². The molecule has 2 atom stereocenters. The second-order valence-corrected chi connectivity index (χ2v) is 9.83. The van der Waals surface area contributed by atoms with Crippen molar-refractivity contribution in [3.8, 4) is 11.5 Å². The predicted octanol–water partition coefficient (Wildman–Crippen LogP) is 4.47. The van der Waals surface area contributed by atoms with Crippen LogP contribution in [0.4, 0.5) is 30.2 Å². The molecule has 0 spiro atoms. The Hall–Kier alpha value is -3.68. The molecule has 0 saturated heterocycles. The zero-order valence-electron chi connectivity index (χ0n) is 20.0. The number of aliphatic hydroxyl groups is 2. The van der Waals surface area contributed by atoms with E-state index in [1.165, 1.54) is 24.6 Å². The Balaban J connectivity index is 1.47. The van der Waals surface area contributed by atoms with E-state index < -0.39 is 36.0 Å². The van der Waals surface area contributed by atoms with Gasteiger partial charge in [0.2, 0.25) is 6.35 Å². The molecule has 1 fully saturated rings. The van der Waals surface area contributed by atoms with Crippen LogP contribution < -0.4 is 25.0 Å². The lowest BCUT2D eigenvalue weighted by Crippen LogP contribution is -2.47. The number of fused-ring (bicyclic) bond motifs is 1. The Bertz CT molecular complexity index is 1380. The highest BCUT2D eigenvalue weighted by molar-refractivity contribution is 7.12. The number of aliphatic hydroxyl groups excluding tert-OH is 2. The van der Waals surface area contributed by atoms with Crippen LogP contribution in [0.3, 0.4) is 0 Å². The first-order valence-corrected chi connectivity index (χ1v) is 12.5. The van der Waals surface area contributed by atoms with E-state index in [0.29, 0.717) is 12.5 Å². The quantitative estimate of drug-likeness (QED) is 0.262. The van der Waals surface area contributed by atoms with Gasteiger partial charge in [-0.05, 0) is 37.0 Å². The average Bonchev–Trinajstić information content (AvgIpc) is 3.61. The van der Waals surface area contributed by atoms with Crippen molar-refractivity contribution in [3.05, 3.63) is 63.1 Å². The van der Waals surface area contributed by atoms with Crippen molar-refractivity contribution < 1.29 is 42.8 Å². The van der Waals surface area contributed by atoms with Crippen LogP contribution in [0.2, 0.25) is 0 Å². The minimum atomic E-state index is -1.71. The molecule has 3 aromatic rings. The molecule has 2 aromatic carbocycles. The van der Waals surface area contributed by atoms with Crippen LogP contribution in [0.1, 0.15) is 39.9 Å². The number of anilines is 3. The summed E-state index contributed by atoms with van der Waals surface area (Å²) in [7, 11) is 1.29. The number of aromatic carboxylic acids is 1. The van der Waals surface area contributed by atoms with Gasteiger partial charge >= 0.3 is 5.97 Å². The van der Waals surface area contributed by atoms with Gasteiger partial charge in [0.25, 0.3) is 0 Å². The number of carboxylic acids is 1. The van der Waals surface area contributed by atoms with Gasteiger partial charge in [-0.3, -0.25) is 4.90 Å². The zero-order chi connectivity index (χ0) is 27.1. The highest BCUT2D eigenvalue weighted by Gasteiger charge is 2.38. The Morgan fingerprint density at radius 1 is 1.18 bits per heavy atom. The Labute approximate surface area is 219 Å². The van der Waals surface area contributed by atoms with Crippen LogP contribution in [-0.4, -0.2) is 41.4 Å². The lowest BCUT2D eigenvalue weighted by molar-refractivity contribution is 0.0675. The van der Waals surface area contributed by atoms with Crippen molar-refractivity contribution in [1.82, 2.24) is 0 Å². The number of nitrogens with zero attached hydrogens (tertiary/aromatic N) is 1. The molecular formula is C25H24F3N3O6S. The molecule has 5 rings (SSSR count). The number of carboxylic acid groups (broad SMARTS) is 1. The number of nitrogens with one attached hydrogen (secondary N) is 2. The summed E-state index contributed by atoms with van der Waals surface area (Å²) in [5.74, 6) is -3.77. The maximum Gasteiger partial charge on any atom is 0.346 e. The molecule has 9 nitrogen and oxygen atoms in total. The van der Waals surface area contributed by atoms with Crippen molar-refractivity contribution in [2.24, 2.45) is 5.92 Å². The monoisotopic (exact) mass is 551 g/mol. The fourth-order valence-electron chi connectivity index (χ4n) is 4.24. The third-order valence-corrected chi connectivity index (χ3v) is 7.40. The van der Waals surface area contributed by atoms with Crippen LogP contribution in [-0.2, 0) is 6.54 Å². The van der Waals surface area contributed by atoms with Gasteiger partial charge in [0, 0.05) is 23.6 Å². The predicted molar refractivity (Wildman–Crippen MR) is 133 cm³/mol. The van der Waals surface area contributed by atoms with Crippen LogP contribution in [0.15, 0.2) is 29.6 Å². The second kappa shape index (κ2) is 10.2. The minimum Gasteiger partial charge on any atom is -0.494 e. The van der Waals surface area contributed by atoms with E-state index in [4.69, 9.17) is 9.47 Å². The summed E-state index contributed by atoms with van der Waals surface area (Å²) in [5.41, 5.74) is -0.0751. The summed E-state index contributed by atoms with van der Waals surface area (Å²) < 4.78 is 54.9. The number of methoxy groups -OCH3 is 1. The lowest BCUT2D eigenvalue weighted by atomic mass is 10.1. The minimum absolute atomic E-state index is 0.0138. The van der Waals surface area contributed by atoms with Crippen molar-refractivity contribution in [2.45, 2.75) is 32.0 Å². The van der Waals surface area contributed by atoms with E-state index in [-0.39, 0.29) is 51.1 Å². The number of hydrogen-bond acceptors (Lipinski definition) is 9. The van der Waals surface area contributed by atoms with E-state index in [9.17, 15) is 28.9 Å². The Kier molecular flexibility index (Phi) is 6.99. The molecule has 1 aromatic heterocycles. The summed E-state index contributed by atoms with van der Waals surface area (Å²) in [6.45, 7) is 0.120. The Morgan fingerprint density at radius 3 is 2.63 bits per heavy atom. The Morgan fingerprint density at radius 2 is 1.95 bits per heavy atom. The van der Waals surface area contributed by atoms with E-state index >= 15 is 4.39 Å². The molecule has 202 valence electrons. The number of halogens is 3. The summed E-state index contributed by atoms with van der Waals surface area (Å²) in [6.07, 6.45) is -1.31. The molecule has 1 saturated carbocycles. The normalized spacial score (nSPS) is 18.5. The number of rotatable bonds is 9. The summed E-state index contributed by atoms with van der Waals surface area (Å²) in [6, 6.07) is 4.52. The molecule has 0 amide bonds. The van der Waals surface area contributed by atoms with Gasteiger partial charge in [-0.25, -0.2) is 18.0 Å². The highest BCUT2D eigenvalue weighted by Crippen LogP contribution is 2.44. The van der Waals surface area contributed by atoms with Gasteiger partial charge in [-0.2, -0.15) is 0 Å². The average molecular weight is 552 g/mol. The fourth-order valence-corrected chi connectivity index (χ4v) is 5.12. The van der Waals surface area contributed by atoms with Crippen LogP contribution >= 0.6 is 11.3 Å². The maximum atomic E-state index is 15.2. The molecular weight excluding hydrogens is 527 g/mol. The number of benzene rings is 2. The van der Waals surface area contributed by atoms with Crippen LogP contribution in [0.25, 0.3) is 0 Å². The number of ether oxygens (including phenoxy) is 2. The van der Waals surface area contributed by atoms with Gasteiger partial charge in [0.1, 0.15) is 16.4 Å². The molecule has 13 heteroatoms. The molecule has 2 aliphatic rings. The molecule has 2 heterocycles. The molecule has 1 aliphatic carbocycles. The third-order valence-electron chi connectivity index (χ3n) is 6.42. The maximum absolute atomic E-state index is 15.2. The molecule has 2 unspecified atom stereocenters. The van der Waals surface area contributed by atoms with E-state index in [1.807, 2.05) is 0 Å². The van der Waals surface area contributed by atoms with Gasteiger partial charge in [0.05, 0.1) is 36.3 Å². The molecule has 1 aliphatic heterocycles. The van der Waals surface area contributed by atoms with E-state index in [2.05, 4.69) is 10.6 Å². The van der Waals surface area contributed by atoms with Gasteiger partial charge in [-0.1, -0.05) is 0 Å². The van der Waals surface area contributed by atoms with Crippen molar-refractivity contribution in [2.75, 3.05) is 29.3 Å². The van der Waals surface area contributed by atoms with E-state index in [1.54, 1.807) is 0 Å². The topological polar surface area (TPSA) is 124 Å². The van der Waals surface area contributed by atoms with Gasteiger partial charge < -0.3 is 35.4 Å². The first-order valence-electron chi connectivity index (χ1n) is 11.7. The van der Waals surface area contributed by atoms with Crippen LogP contribution in [0, 0.1) is 23.4 Å². The summed E-state index contributed by atoms with van der Waals surface area (Å²) in [4.78, 5) is 12.3. The van der Waals surface area contributed by atoms with Gasteiger partial charge in [0.15, 0.2) is 23.7 Å². The SMILES string of the molecule is COc1cc(F)c(N2C(O)Nc3csc(C(=O)O)c3C2O)cc1NCc1c(OCC2CC2)ccc(F)c1F. The molecule has 0 radical (unpaired) electrons. The second-order valence-electron chi connectivity index (χ2n) is 8.95. The largest absolute Gasteiger partial charge is 0.494 e. The smallest absolute Gasteiger partial charge is 0.346 e. The number of hydrogen-bond donors (Lipinski definition) is 5. The van der Waals surface area contributed by atoms with Gasteiger partial charge in [-0.15, -0.1) is 11.3 Å². The fraction of sp³-hybridized carbons (Fsp3) is 0.320. The molecule has 5 N–H and O–H groups in total. The van der Waals surface area contributed by atoms with Crippen LogP contribution in [0.5, 0.6) is 11.5 Å². The standard InChI is InChI=1S/C25H24F3N3O6S/c1-36-19-6-14(27)17(31-23(32)20-16(30-25(31)35)10-38-22(20)24(33)34)7-15(19)29-8-12-18(37-9-11-2-3-11)5-4-13(26)21(12)28/h4-7,10-11,23,25,29-30,32,35H,2-3,8-9H2,1H3,(H,33,34). The highest BCUT2D eigenvalue weighted by atomic mass is 32.1. The first kappa shape index (κ1) is 25.9. The summed E-state index contributed by atoms with van der Waals surface area (Å²) in [5, 5.41) is 38.0. The summed E-state index contributed by atoms with van der Waals surface area (Å²) >= 11 is 0.845. The number of thiophene rings is 1. The first-order chi connectivity index (χ1) is 18.2. The third kappa shape index (κ3) is 4.79.